The SMILES string of the molecule is COc1cc(OC)c(Br)c(-n2c(C(C)N(CCc3ccccc3)C(=O)c3ccc(Br)cc3)nc3ccccc3c2=O)c1. The van der Waals surface area contributed by atoms with Gasteiger partial charge in [0.05, 0.1) is 41.3 Å². The number of ether oxygens (including phenoxy) is 2. The molecule has 42 heavy (non-hydrogen) atoms. The van der Waals surface area contributed by atoms with Crippen molar-refractivity contribution in [3.63, 3.8) is 0 Å². The van der Waals surface area contributed by atoms with E-state index in [1.54, 1.807) is 54.0 Å². The molecule has 0 aliphatic carbocycles. The van der Waals surface area contributed by atoms with Crippen molar-refractivity contribution in [3.05, 3.63) is 127 Å². The number of carbonyl (C=O) groups is 1. The number of aromatic nitrogens is 2. The molecule has 0 spiro atoms. The fourth-order valence-electron chi connectivity index (χ4n) is 4.91. The van der Waals surface area contributed by atoms with Crippen molar-refractivity contribution in [2.24, 2.45) is 0 Å². The Hall–Kier alpha value is -3.95. The molecular weight excluding hydrogens is 662 g/mol. The first-order valence-corrected chi connectivity index (χ1v) is 14.9. The Bertz CT molecular complexity index is 1790. The predicted octanol–water partition coefficient (Wildman–Crippen LogP) is 7.37. The van der Waals surface area contributed by atoms with Gasteiger partial charge in [0.2, 0.25) is 0 Å². The third kappa shape index (κ3) is 5.98. The highest BCUT2D eigenvalue weighted by Crippen LogP contribution is 2.37. The zero-order valence-electron chi connectivity index (χ0n) is 23.4. The number of halogens is 2. The van der Waals surface area contributed by atoms with Gasteiger partial charge in [0.15, 0.2) is 0 Å². The van der Waals surface area contributed by atoms with Crippen LogP contribution in [0.5, 0.6) is 11.5 Å². The van der Waals surface area contributed by atoms with Crippen molar-refractivity contribution in [2.75, 3.05) is 20.8 Å². The van der Waals surface area contributed by atoms with E-state index in [0.29, 0.717) is 56.9 Å². The van der Waals surface area contributed by atoms with Crippen LogP contribution in [-0.4, -0.2) is 41.1 Å². The zero-order valence-corrected chi connectivity index (χ0v) is 26.6. The van der Waals surface area contributed by atoms with Gasteiger partial charge in [-0.2, -0.15) is 0 Å². The maximum atomic E-state index is 14.2. The summed E-state index contributed by atoms with van der Waals surface area (Å²) in [7, 11) is 3.11. The van der Waals surface area contributed by atoms with Crippen LogP contribution in [0.15, 0.2) is 105 Å². The van der Waals surface area contributed by atoms with Crippen LogP contribution >= 0.6 is 31.9 Å². The Morgan fingerprint density at radius 3 is 2.31 bits per heavy atom. The largest absolute Gasteiger partial charge is 0.497 e. The zero-order chi connectivity index (χ0) is 29.8. The first-order chi connectivity index (χ1) is 20.3. The summed E-state index contributed by atoms with van der Waals surface area (Å²) in [5, 5.41) is 0.456. The van der Waals surface area contributed by atoms with Crippen LogP contribution in [0.25, 0.3) is 16.6 Å². The van der Waals surface area contributed by atoms with Crippen LogP contribution < -0.4 is 15.0 Å². The third-order valence-electron chi connectivity index (χ3n) is 7.17. The third-order valence-corrected chi connectivity index (χ3v) is 8.49. The van der Waals surface area contributed by atoms with Crippen LogP contribution in [0.2, 0.25) is 0 Å². The van der Waals surface area contributed by atoms with Gasteiger partial charge < -0.3 is 14.4 Å². The molecule has 1 unspecified atom stereocenters. The molecule has 0 radical (unpaired) electrons. The van der Waals surface area contributed by atoms with E-state index < -0.39 is 6.04 Å². The van der Waals surface area contributed by atoms with E-state index in [1.165, 1.54) is 0 Å². The summed E-state index contributed by atoms with van der Waals surface area (Å²) in [5.41, 5.74) is 2.41. The van der Waals surface area contributed by atoms with Gasteiger partial charge in [0.1, 0.15) is 17.3 Å². The highest BCUT2D eigenvalue weighted by molar-refractivity contribution is 9.11. The van der Waals surface area contributed by atoms with Crippen molar-refractivity contribution in [1.82, 2.24) is 14.5 Å². The smallest absolute Gasteiger partial charge is 0.266 e. The van der Waals surface area contributed by atoms with Crippen LogP contribution in [0.1, 0.15) is 34.7 Å². The molecular formula is C33H29Br2N3O4. The summed E-state index contributed by atoms with van der Waals surface area (Å²) < 4.78 is 14.1. The maximum Gasteiger partial charge on any atom is 0.266 e. The lowest BCUT2D eigenvalue weighted by Crippen LogP contribution is -2.38. The van der Waals surface area contributed by atoms with E-state index in [2.05, 4.69) is 31.9 Å². The molecule has 214 valence electrons. The van der Waals surface area contributed by atoms with E-state index in [0.717, 1.165) is 10.0 Å². The average Bonchev–Trinajstić information content (AvgIpc) is 3.02. The highest BCUT2D eigenvalue weighted by Gasteiger charge is 2.29. The minimum atomic E-state index is -0.591. The lowest BCUT2D eigenvalue weighted by atomic mass is 10.1. The first-order valence-electron chi connectivity index (χ1n) is 13.4. The number of hydrogen-bond donors (Lipinski definition) is 0. The normalized spacial score (nSPS) is 11.7. The molecule has 0 aliphatic rings. The monoisotopic (exact) mass is 689 g/mol. The molecule has 0 fully saturated rings. The molecule has 1 atom stereocenters. The Kier molecular flexibility index (Phi) is 9.09. The molecule has 0 saturated carbocycles. The number of fused-ring (bicyclic) bond motifs is 1. The van der Waals surface area contributed by atoms with Gasteiger partial charge in [-0.1, -0.05) is 58.4 Å². The Balaban J connectivity index is 1.71. The van der Waals surface area contributed by atoms with Crippen molar-refractivity contribution in [3.8, 4) is 17.2 Å². The van der Waals surface area contributed by atoms with Crippen molar-refractivity contribution < 1.29 is 14.3 Å². The molecule has 0 saturated heterocycles. The molecule has 7 nitrogen and oxygen atoms in total. The lowest BCUT2D eigenvalue weighted by molar-refractivity contribution is 0.0683. The van der Waals surface area contributed by atoms with Gasteiger partial charge in [-0.15, -0.1) is 0 Å². The molecule has 9 heteroatoms. The molecule has 1 heterocycles. The van der Waals surface area contributed by atoms with Crippen LogP contribution in [0.4, 0.5) is 0 Å². The molecule has 1 amide bonds. The van der Waals surface area contributed by atoms with E-state index in [4.69, 9.17) is 14.5 Å². The Morgan fingerprint density at radius 2 is 1.62 bits per heavy atom. The number of benzene rings is 4. The topological polar surface area (TPSA) is 73.7 Å². The highest BCUT2D eigenvalue weighted by atomic mass is 79.9. The minimum absolute atomic E-state index is 0.165. The molecule has 0 aliphatic heterocycles. The molecule has 0 N–H and O–H groups in total. The number of nitrogens with zero attached hydrogens (tertiary/aromatic N) is 3. The van der Waals surface area contributed by atoms with Gasteiger partial charge in [-0.05, 0) is 71.2 Å². The summed E-state index contributed by atoms with van der Waals surface area (Å²) in [5.74, 6) is 1.25. The summed E-state index contributed by atoms with van der Waals surface area (Å²) in [6.07, 6.45) is 0.627. The van der Waals surface area contributed by atoms with Crippen molar-refractivity contribution >= 4 is 48.7 Å². The van der Waals surface area contributed by atoms with Gasteiger partial charge in [0.25, 0.3) is 11.5 Å². The Labute approximate surface area is 261 Å². The number of methoxy groups -OCH3 is 2. The summed E-state index contributed by atoms with van der Waals surface area (Å²) in [4.78, 5) is 35.1. The van der Waals surface area contributed by atoms with Crippen molar-refractivity contribution in [2.45, 2.75) is 19.4 Å². The number of rotatable bonds is 9. The second kappa shape index (κ2) is 12.9. The number of carbonyl (C=O) groups excluding carboxylic acids is 1. The Morgan fingerprint density at radius 1 is 0.929 bits per heavy atom. The maximum absolute atomic E-state index is 14.2. The van der Waals surface area contributed by atoms with Gasteiger partial charge in [0, 0.05) is 28.7 Å². The van der Waals surface area contributed by atoms with Crippen molar-refractivity contribution in [1.29, 1.82) is 0 Å². The average molecular weight is 691 g/mol. The lowest BCUT2D eigenvalue weighted by Gasteiger charge is -2.31. The standard InChI is InChI=1S/C33H29Br2N3O4/c1-21(37(18-17-22-9-5-4-6-10-22)32(39)23-13-15-24(34)16-14-23)31-36-27-12-8-7-11-26(27)33(40)38(31)28-19-25(41-2)20-29(42-3)30(28)35/h4-16,19-21H,17-18H2,1-3H3. The van der Waals surface area contributed by atoms with Gasteiger partial charge in [-0.3, -0.25) is 14.2 Å². The quantitative estimate of drug-likeness (QED) is 0.162. The van der Waals surface area contributed by atoms with Crippen LogP contribution in [0, 0.1) is 0 Å². The molecule has 4 aromatic carbocycles. The molecule has 1 aromatic heterocycles. The number of para-hydroxylation sites is 1. The number of hydrogen-bond acceptors (Lipinski definition) is 5. The van der Waals surface area contributed by atoms with Crippen LogP contribution in [-0.2, 0) is 6.42 Å². The second-order valence-electron chi connectivity index (χ2n) is 9.71. The van der Waals surface area contributed by atoms with E-state index >= 15 is 0 Å². The van der Waals surface area contributed by atoms with E-state index in [9.17, 15) is 9.59 Å². The molecule has 5 aromatic rings. The van der Waals surface area contributed by atoms with Gasteiger partial charge >= 0.3 is 0 Å². The van der Waals surface area contributed by atoms with E-state index in [1.807, 2.05) is 67.6 Å². The van der Waals surface area contributed by atoms with Gasteiger partial charge in [-0.25, -0.2) is 4.98 Å². The summed E-state index contributed by atoms with van der Waals surface area (Å²) >= 11 is 7.10. The molecule has 5 rings (SSSR count). The summed E-state index contributed by atoms with van der Waals surface area (Å²) in [6, 6.07) is 27.4. The fourth-order valence-corrected chi connectivity index (χ4v) is 5.75. The van der Waals surface area contributed by atoms with Crippen LogP contribution in [0.3, 0.4) is 0 Å². The first kappa shape index (κ1) is 29.5. The summed E-state index contributed by atoms with van der Waals surface area (Å²) in [6.45, 7) is 2.31. The predicted molar refractivity (Wildman–Crippen MR) is 172 cm³/mol. The number of amides is 1. The van der Waals surface area contributed by atoms with E-state index in [-0.39, 0.29) is 11.5 Å². The fraction of sp³-hybridized carbons (Fsp3) is 0.182. The second-order valence-corrected chi connectivity index (χ2v) is 11.4. The minimum Gasteiger partial charge on any atom is -0.497 e. The molecule has 0 bridgehead atoms.